The van der Waals surface area contributed by atoms with Gasteiger partial charge in [0.25, 0.3) is 0 Å². The highest BCUT2D eigenvalue weighted by atomic mass is 16.1. The molecule has 4 heteroatoms. The molecule has 0 unspecified atom stereocenters. The maximum atomic E-state index is 10.9. The highest BCUT2D eigenvalue weighted by molar-refractivity contribution is 5.88. The van der Waals surface area contributed by atoms with Crippen LogP contribution in [0.2, 0.25) is 0 Å². The van der Waals surface area contributed by atoms with E-state index in [1.165, 1.54) is 19.9 Å². The van der Waals surface area contributed by atoms with Gasteiger partial charge >= 0.3 is 0 Å². The van der Waals surface area contributed by atoms with Gasteiger partial charge in [-0.2, -0.15) is 0 Å². The van der Waals surface area contributed by atoms with Crippen LogP contribution in [-0.4, -0.2) is 17.2 Å². The van der Waals surface area contributed by atoms with Crippen LogP contribution in [0.5, 0.6) is 0 Å². The summed E-state index contributed by atoms with van der Waals surface area (Å²) >= 11 is 0. The van der Waals surface area contributed by atoms with Crippen molar-refractivity contribution in [3.63, 3.8) is 0 Å². The number of hydrogen-bond acceptors (Lipinski definition) is 3. The van der Waals surface area contributed by atoms with Crippen LogP contribution in [0.1, 0.15) is 34.6 Å². The first kappa shape index (κ1) is 12.7. The molecule has 2 N–H and O–H groups in total. The van der Waals surface area contributed by atoms with Gasteiger partial charge in [-0.1, -0.05) is 0 Å². The molecule has 0 aromatic rings. The molecule has 4 nitrogen and oxygen atoms in total. The summed E-state index contributed by atoms with van der Waals surface area (Å²) in [6.07, 6.45) is 1.37. The predicted octanol–water partition coefficient (Wildman–Crippen LogP) is 0.941. The molecule has 0 heterocycles. The zero-order valence-electron chi connectivity index (χ0n) is 9.39. The van der Waals surface area contributed by atoms with Gasteiger partial charge in [0.2, 0.25) is 5.91 Å². The van der Waals surface area contributed by atoms with E-state index in [9.17, 15) is 9.59 Å². The minimum absolute atomic E-state index is 0.106. The number of carbonyl (C=O) groups is 2. The van der Waals surface area contributed by atoms with Crippen LogP contribution in [0.15, 0.2) is 11.9 Å². The topological polar surface area (TPSA) is 58.2 Å². The number of allylic oxidation sites excluding steroid dienone is 1. The van der Waals surface area contributed by atoms with E-state index in [1.807, 2.05) is 20.8 Å². The van der Waals surface area contributed by atoms with Crippen LogP contribution >= 0.6 is 0 Å². The normalized spacial score (nSPS) is 12.2. The quantitative estimate of drug-likeness (QED) is 0.663. The van der Waals surface area contributed by atoms with E-state index in [4.69, 9.17) is 0 Å². The minimum Gasteiger partial charge on any atom is -0.367 e. The molecule has 14 heavy (non-hydrogen) atoms. The summed E-state index contributed by atoms with van der Waals surface area (Å²) in [5, 5.41) is 5.59. The van der Waals surface area contributed by atoms with E-state index in [-0.39, 0.29) is 17.2 Å². The smallest absolute Gasteiger partial charge is 0.222 e. The van der Waals surface area contributed by atoms with E-state index >= 15 is 0 Å². The Kier molecular flexibility index (Phi) is 4.34. The van der Waals surface area contributed by atoms with Gasteiger partial charge in [-0.05, 0) is 27.7 Å². The second-order valence-corrected chi connectivity index (χ2v) is 4.22. The van der Waals surface area contributed by atoms with Crippen molar-refractivity contribution in [2.45, 2.75) is 40.2 Å². The zero-order valence-corrected chi connectivity index (χ0v) is 9.39. The molecule has 0 rings (SSSR count). The Morgan fingerprint density at radius 1 is 1.14 bits per heavy atom. The number of carbonyl (C=O) groups excluding carboxylic acids is 2. The van der Waals surface area contributed by atoms with Gasteiger partial charge in [0.1, 0.15) is 5.82 Å². The van der Waals surface area contributed by atoms with Gasteiger partial charge < -0.3 is 10.6 Å². The number of rotatable bonds is 3. The van der Waals surface area contributed by atoms with Crippen LogP contribution < -0.4 is 10.6 Å². The molecular formula is C10H18N2O2. The average Bonchev–Trinajstić information content (AvgIpc) is 1.77. The Bertz CT molecular complexity index is 262. The van der Waals surface area contributed by atoms with Crippen molar-refractivity contribution in [3.05, 3.63) is 11.9 Å². The minimum atomic E-state index is -0.200. The van der Waals surface area contributed by atoms with E-state index in [0.717, 1.165) is 0 Å². The second kappa shape index (κ2) is 4.79. The highest BCUT2D eigenvalue weighted by Gasteiger charge is 2.12. The number of ketones is 1. The molecule has 0 fully saturated rings. The lowest BCUT2D eigenvalue weighted by molar-refractivity contribution is -0.118. The maximum absolute atomic E-state index is 10.9. The second-order valence-electron chi connectivity index (χ2n) is 4.22. The fraction of sp³-hybridized carbons (Fsp3) is 0.600. The monoisotopic (exact) mass is 198 g/mol. The first-order valence-corrected chi connectivity index (χ1v) is 4.49. The molecule has 0 atom stereocenters. The summed E-state index contributed by atoms with van der Waals surface area (Å²) in [5.41, 5.74) is -0.191. The lowest BCUT2D eigenvalue weighted by Gasteiger charge is -2.24. The molecule has 0 radical (unpaired) electrons. The predicted molar refractivity (Wildman–Crippen MR) is 55.5 cm³/mol. The molecule has 0 aromatic heterocycles. The van der Waals surface area contributed by atoms with Gasteiger partial charge in [0.15, 0.2) is 5.78 Å². The van der Waals surface area contributed by atoms with E-state index in [1.54, 1.807) is 0 Å². The highest BCUT2D eigenvalue weighted by Crippen LogP contribution is 2.01. The fourth-order valence-corrected chi connectivity index (χ4v) is 0.900. The van der Waals surface area contributed by atoms with Crippen molar-refractivity contribution in [1.29, 1.82) is 0 Å². The molecule has 0 bridgehead atoms. The molecule has 0 aliphatic carbocycles. The maximum Gasteiger partial charge on any atom is 0.222 e. The van der Waals surface area contributed by atoms with Crippen molar-refractivity contribution in [1.82, 2.24) is 10.6 Å². The van der Waals surface area contributed by atoms with Gasteiger partial charge in [0, 0.05) is 18.5 Å². The molecule has 80 valence electrons. The third kappa shape index (κ3) is 7.34. The third-order valence-electron chi connectivity index (χ3n) is 1.17. The number of nitrogens with one attached hydrogen (secondary N) is 2. The molecule has 0 aliphatic rings. The SMILES string of the molecule is CC(=O)C=C(NC(C)=O)NC(C)(C)C. The van der Waals surface area contributed by atoms with Crippen LogP contribution in [-0.2, 0) is 9.59 Å². The first-order chi connectivity index (χ1) is 6.20. The van der Waals surface area contributed by atoms with Gasteiger partial charge in [-0.3, -0.25) is 9.59 Å². The van der Waals surface area contributed by atoms with E-state index in [2.05, 4.69) is 10.6 Å². The van der Waals surface area contributed by atoms with Crippen molar-refractivity contribution >= 4 is 11.7 Å². The molecule has 0 aromatic carbocycles. The molecule has 0 saturated carbocycles. The molecule has 0 aliphatic heterocycles. The third-order valence-corrected chi connectivity index (χ3v) is 1.17. The summed E-state index contributed by atoms with van der Waals surface area (Å²) in [5.74, 6) is 0.136. The first-order valence-electron chi connectivity index (χ1n) is 4.49. The van der Waals surface area contributed by atoms with E-state index < -0.39 is 0 Å². The van der Waals surface area contributed by atoms with Gasteiger partial charge in [0.05, 0.1) is 0 Å². The molecular weight excluding hydrogens is 180 g/mol. The zero-order chi connectivity index (χ0) is 11.4. The number of amides is 1. The van der Waals surface area contributed by atoms with Crippen molar-refractivity contribution in [2.24, 2.45) is 0 Å². The van der Waals surface area contributed by atoms with Gasteiger partial charge in [-0.25, -0.2) is 0 Å². The van der Waals surface area contributed by atoms with Crippen molar-refractivity contribution < 1.29 is 9.59 Å². The fourth-order valence-electron chi connectivity index (χ4n) is 0.900. The van der Waals surface area contributed by atoms with Crippen LogP contribution in [0.3, 0.4) is 0 Å². The molecule has 0 saturated heterocycles. The number of hydrogen-bond donors (Lipinski definition) is 2. The van der Waals surface area contributed by atoms with Gasteiger partial charge in [-0.15, -0.1) is 0 Å². The Labute approximate surface area is 84.8 Å². The standard InChI is InChI=1S/C10H18N2O2/c1-7(13)6-9(11-8(2)14)12-10(3,4)5/h6,12H,1-5H3,(H,11,14). The summed E-state index contributed by atoms with van der Waals surface area (Å²) in [6.45, 7) is 8.68. The lowest BCUT2D eigenvalue weighted by atomic mass is 10.1. The lowest BCUT2D eigenvalue weighted by Crippen LogP contribution is -2.41. The van der Waals surface area contributed by atoms with Crippen LogP contribution in [0.4, 0.5) is 0 Å². The average molecular weight is 198 g/mol. The van der Waals surface area contributed by atoms with Crippen LogP contribution in [0, 0.1) is 0 Å². The van der Waals surface area contributed by atoms with Crippen molar-refractivity contribution in [3.8, 4) is 0 Å². The Morgan fingerprint density at radius 2 is 1.64 bits per heavy atom. The summed E-state index contributed by atoms with van der Waals surface area (Å²) in [6, 6.07) is 0. The summed E-state index contributed by atoms with van der Waals surface area (Å²) < 4.78 is 0. The Hall–Kier alpha value is -1.32. The Morgan fingerprint density at radius 3 is 1.93 bits per heavy atom. The summed E-state index contributed by atoms with van der Waals surface area (Å²) in [7, 11) is 0. The largest absolute Gasteiger partial charge is 0.367 e. The summed E-state index contributed by atoms with van der Waals surface area (Å²) in [4.78, 5) is 21.7. The molecule has 1 amide bonds. The van der Waals surface area contributed by atoms with Crippen molar-refractivity contribution in [2.75, 3.05) is 0 Å². The van der Waals surface area contributed by atoms with Crippen LogP contribution in [0.25, 0.3) is 0 Å². The molecule has 0 spiro atoms. The Balaban J connectivity index is 4.57. The van der Waals surface area contributed by atoms with E-state index in [0.29, 0.717) is 5.82 Å².